The number of nitrogens with one attached hydrogen (secondary N) is 1. The summed E-state index contributed by atoms with van der Waals surface area (Å²) in [6, 6.07) is 14.1. The van der Waals surface area contributed by atoms with Gasteiger partial charge in [-0.15, -0.1) is 0 Å². The van der Waals surface area contributed by atoms with E-state index in [2.05, 4.69) is 28.4 Å². The van der Waals surface area contributed by atoms with Gasteiger partial charge in [0, 0.05) is 12.2 Å². The lowest BCUT2D eigenvalue weighted by atomic mass is 10.0. The van der Waals surface area contributed by atoms with Crippen LogP contribution in [0.5, 0.6) is 5.75 Å². The van der Waals surface area contributed by atoms with Crippen LogP contribution in [0, 0.1) is 6.92 Å². The van der Waals surface area contributed by atoms with E-state index in [1.54, 1.807) is 7.11 Å². The lowest BCUT2D eigenvalue weighted by molar-refractivity contribution is -0.115. The normalized spacial score (nSPS) is 13.4. The number of benzene rings is 2. The van der Waals surface area contributed by atoms with Crippen LogP contribution >= 0.6 is 0 Å². The molecule has 0 aliphatic carbocycles. The molecule has 0 fully saturated rings. The van der Waals surface area contributed by atoms with Gasteiger partial charge in [-0.25, -0.2) is 0 Å². The number of methoxy groups -OCH3 is 1. The number of hydrogen-bond acceptors (Lipinski definition) is 3. The average Bonchev–Trinajstić information content (AvgIpc) is 2.55. The highest BCUT2D eigenvalue weighted by molar-refractivity contribution is 5.95. The predicted molar refractivity (Wildman–Crippen MR) is 93.3 cm³/mol. The number of nitrogens with zero attached hydrogens (tertiary/aromatic N) is 1. The maximum Gasteiger partial charge on any atom is 0.243 e. The van der Waals surface area contributed by atoms with Gasteiger partial charge in [0.15, 0.2) is 0 Å². The first-order valence-corrected chi connectivity index (χ1v) is 7.95. The van der Waals surface area contributed by atoms with Crippen molar-refractivity contribution in [3.63, 3.8) is 0 Å². The van der Waals surface area contributed by atoms with Gasteiger partial charge in [-0.05, 0) is 49.1 Å². The van der Waals surface area contributed by atoms with Crippen LogP contribution in [0.25, 0.3) is 0 Å². The molecule has 1 N–H and O–H groups in total. The second kappa shape index (κ2) is 6.73. The number of ether oxygens (including phenoxy) is 1. The molecule has 0 unspecified atom stereocenters. The molecule has 3 rings (SSSR count). The Morgan fingerprint density at radius 3 is 2.91 bits per heavy atom. The van der Waals surface area contributed by atoms with Crippen molar-refractivity contribution in [2.75, 3.05) is 30.4 Å². The van der Waals surface area contributed by atoms with Crippen LogP contribution in [0.1, 0.15) is 17.5 Å². The van der Waals surface area contributed by atoms with Gasteiger partial charge in [0.2, 0.25) is 5.91 Å². The number of carbonyl (C=O) groups is 1. The van der Waals surface area contributed by atoms with Crippen LogP contribution in [-0.2, 0) is 11.2 Å². The van der Waals surface area contributed by atoms with Crippen molar-refractivity contribution in [2.45, 2.75) is 19.8 Å². The maximum atomic E-state index is 12.5. The predicted octanol–water partition coefficient (Wildman–Crippen LogP) is 3.39. The largest absolute Gasteiger partial charge is 0.495 e. The van der Waals surface area contributed by atoms with Crippen LogP contribution in [0.4, 0.5) is 11.4 Å². The number of rotatable bonds is 4. The molecule has 1 aliphatic heterocycles. The maximum absolute atomic E-state index is 12.5. The van der Waals surface area contributed by atoms with E-state index in [0.717, 1.165) is 30.6 Å². The minimum Gasteiger partial charge on any atom is -0.495 e. The SMILES string of the molecule is COc1ccc(C)cc1NC(=O)CN1CCCc2ccccc21. The lowest BCUT2D eigenvalue weighted by Crippen LogP contribution is -2.36. The summed E-state index contributed by atoms with van der Waals surface area (Å²) in [7, 11) is 1.61. The molecule has 0 saturated carbocycles. The third kappa shape index (κ3) is 3.47. The molecular formula is C19H22N2O2. The van der Waals surface area contributed by atoms with Crippen molar-refractivity contribution in [3.8, 4) is 5.75 Å². The Kier molecular flexibility index (Phi) is 4.51. The zero-order valence-electron chi connectivity index (χ0n) is 13.6. The van der Waals surface area contributed by atoms with E-state index in [1.165, 1.54) is 11.3 Å². The Balaban J connectivity index is 1.73. The summed E-state index contributed by atoms with van der Waals surface area (Å²) in [5.41, 5.74) is 4.30. The van der Waals surface area contributed by atoms with E-state index in [1.807, 2.05) is 31.2 Å². The second-order valence-electron chi connectivity index (χ2n) is 5.91. The summed E-state index contributed by atoms with van der Waals surface area (Å²) < 4.78 is 5.32. The first-order chi connectivity index (χ1) is 11.2. The quantitative estimate of drug-likeness (QED) is 0.941. The van der Waals surface area contributed by atoms with E-state index in [-0.39, 0.29) is 5.91 Å². The van der Waals surface area contributed by atoms with Gasteiger partial charge in [-0.2, -0.15) is 0 Å². The fraction of sp³-hybridized carbons (Fsp3) is 0.316. The summed E-state index contributed by atoms with van der Waals surface area (Å²) in [6.45, 7) is 3.26. The van der Waals surface area contributed by atoms with Crippen LogP contribution in [0.3, 0.4) is 0 Å². The number of para-hydroxylation sites is 1. The van der Waals surface area contributed by atoms with Gasteiger partial charge in [-0.1, -0.05) is 24.3 Å². The molecule has 0 saturated heterocycles. The summed E-state index contributed by atoms with van der Waals surface area (Å²) >= 11 is 0. The number of carbonyl (C=O) groups excluding carboxylic acids is 1. The molecule has 2 aromatic rings. The Hall–Kier alpha value is -2.49. The number of fused-ring (bicyclic) bond motifs is 1. The minimum absolute atomic E-state index is 0.0226. The van der Waals surface area contributed by atoms with E-state index in [9.17, 15) is 4.79 Å². The van der Waals surface area contributed by atoms with E-state index in [0.29, 0.717) is 12.3 Å². The highest BCUT2D eigenvalue weighted by Gasteiger charge is 2.19. The average molecular weight is 310 g/mol. The second-order valence-corrected chi connectivity index (χ2v) is 5.91. The molecule has 2 aromatic carbocycles. The van der Waals surface area contributed by atoms with Gasteiger partial charge in [0.1, 0.15) is 5.75 Å². The number of amides is 1. The standard InChI is InChI=1S/C19H22N2O2/c1-14-9-10-18(23-2)16(12-14)20-19(22)13-21-11-5-7-15-6-3-4-8-17(15)21/h3-4,6,8-10,12H,5,7,11,13H2,1-2H3,(H,20,22). The van der Waals surface area contributed by atoms with Crippen LogP contribution < -0.4 is 15.0 Å². The Labute approximate surface area is 137 Å². The van der Waals surface area contributed by atoms with E-state index < -0.39 is 0 Å². The molecule has 0 aromatic heterocycles. The number of hydrogen-bond donors (Lipinski definition) is 1. The summed E-state index contributed by atoms with van der Waals surface area (Å²) in [5, 5.41) is 2.97. The third-order valence-electron chi connectivity index (χ3n) is 4.17. The highest BCUT2D eigenvalue weighted by atomic mass is 16.5. The fourth-order valence-electron chi connectivity index (χ4n) is 3.06. The summed E-state index contributed by atoms with van der Waals surface area (Å²) in [5.74, 6) is 0.661. The first-order valence-electron chi connectivity index (χ1n) is 7.95. The minimum atomic E-state index is -0.0226. The van der Waals surface area contributed by atoms with Crippen molar-refractivity contribution in [3.05, 3.63) is 53.6 Å². The smallest absolute Gasteiger partial charge is 0.243 e. The summed E-state index contributed by atoms with van der Waals surface area (Å²) in [4.78, 5) is 14.6. The first kappa shape index (κ1) is 15.4. The van der Waals surface area contributed by atoms with E-state index in [4.69, 9.17) is 4.74 Å². The van der Waals surface area contributed by atoms with Gasteiger partial charge >= 0.3 is 0 Å². The molecule has 0 atom stereocenters. The van der Waals surface area contributed by atoms with Crippen molar-refractivity contribution in [1.82, 2.24) is 0 Å². The highest BCUT2D eigenvalue weighted by Crippen LogP contribution is 2.28. The van der Waals surface area contributed by atoms with Crippen molar-refractivity contribution >= 4 is 17.3 Å². The molecule has 1 heterocycles. The molecule has 4 nitrogen and oxygen atoms in total. The van der Waals surface area contributed by atoms with Crippen LogP contribution in [0.2, 0.25) is 0 Å². The lowest BCUT2D eigenvalue weighted by Gasteiger charge is -2.30. The molecule has 0 radical (unpaired) electrons. The molecule has 1 aliphatic rings. The molecule has 23 heavy (non-hydrogen) atoms. The van der Waals surface area contributed by atoms with Crippen molar-refractivity contribution in [2.24, 2.45) is 0 Å². The topological polar surface area (TPSA) is 41.6 Å². The number of aryl methyl sites for hydroxylation is 2. The zero-order valence-corrected chi connectivity index (χ0v) is 13.6. The van der Waals surface area contributed by atoms with Gasteiger partial charge in [-0.3, -0.25) is 4.79 Å². The van der Waals surface area contributed by atoms with Crippen LogP contribution in [0.15, 0.2) is 42.5 Å². The van der Waals surface area contributed by atoms with Crippen molar-refractivity contribution < 1.29 is 9.53 Å². The Morgan fingerprint density at radius 1 is 1.26 bits per heavy atom. The molecule has 0 spiro atoms. The number of anilines is 2. The zero-order chi connectivity index (χ0) is 16.2. The van der Waals surface area contributed by atoms with Gasteiger partial charge in [0.05, 0.1) is 19.3 Å². The summed E-state index contributed by atoms with van der Waals surface area (Å²) in [6.07, 6.45) is 2.16. The van der Waals surface area contributed by atoms with E-state index >= 15 is 0 Å². The monoisotopic (exact) mass is 310 g/mol. The molecule has 0 bridgehead atoms. The molecule has 1 amide bonds. The van der Waals surface area contributed by atoms with Crippen LogP contribution in [-0.4, -0.2) is 26.1 Å². The van der Waals surface area contributed by atoms with Gasteiger partial charge in [0.25, 0.3) is 0 Å². The fourth-order valence-corrected chi connectivity index (χ4v) is 3.06. The Bertz CT molecular complexity index is 712. The third-order valence-corrected chi connectivity index (χ3v) is 4.17. The molecular weight excluding hydrogens is 288 g/mol. The Morgan fingerprint density at radius 2 is 2.09 bits per heavy atom. The van der Waals surface area contributed by atoms with Crippen molar-refractivity contribution in [1.29, 1.82) is 0 Å². The molecule has 120 valence electrons. The van der Waals surface area contributed by atoms with Gasteiger partial charge < -0.3 is 15.0 Å². The molecule has 4 heteroatoms.